The average molecular weight is 244 g/mol. The van der Waals surface area contributed by atoms with E-state index in [1.165, 1.54) is 10.7 Å². The van der Waals surface area contributed by atoms with Crippen LogP contribution in [0.3, 0.4) is 0 Å². The van der Waals surface area contributed by atoms with Gasteiger partial charge in [0.15, 0.2) is 11.9 Å². The van der Waals surface area contributed by atoms with Crippen LogP contribution in [0.4, 0.5) is 5.82 Å². The Labute approximate surface area is 101 Å². The summed E-state index contributed by atoms with van der Waals surface area (Å²) in [5.74, 6) is 0.312. The van der Waals surface area contributed by atoms with Gasteiger partial charge in [0.2, 0.25) is 0 Å². The Morgan fingerprint density at radius 1 is 1.47 bits per heavy atom. The van der Waals surface area contributed by atoms with Crippen molar-refractivity contribution in [1.82, 2.24) is 14.6 Å². The minimum absolute atomic E-state index is 0.312. The van der Waals surface area contributed by atoms with E-state index >= 15 is 0 Å². The first-order valence-corrected chi connectivity index (χ1v) is 5.86. The molecule has 2 N–H and O–H groups in total. The number of nitrogen functional groups attached to an aromatic ring is 1. The molecule has 17 heavy (non-hydrogen) atoms. The normalized spacial score (nSPS) is 10.8. The van der Waals surface area contributed by atoms with E-state index in [1.54, 1.807) is 11.3 Å². The molecule has 5 nitrogen and oxygen atoms in total. The van der Waals surface area contributed by atoms with E-state index < -0.39 is 0 Å². The van der Waals surface area contributed by atoms with E-state index in [4.69, 9.17) is 5.73 Å². The molecule has 0 aromatic carbocycles. The fourth-order valence-electron chi connectivity index (χ4n) is 1.61. The first-order chi connectivity index (χ1) is 8.29. The maximum absolute atomic E-state index is 10.7. The first-order valence-electron chi connectivity index (χ1n) is 4.91. The Hall–Kier alpha value is -2.21. The number of rotatable bonds is 2. The molecule has 3 aromatic heterocycles. The number of aromatic nitrogens is 3. The molecule has 0 amide bonds. The van der Waals surface area contributed by atoms with Gasteiger partial charge in [-0.1, -0.05) is 0 Å². The van der Waals surface area contributed by atoms with Crippen molar-refractivity contribution in [1.29, 1.82) is 0 Å². The van der Waals surface area contributed by atoms with Crippen LogP contribution in [0.25, 0.3) is 16.9 Å². The van der Waals surface area contributed by atoms with Gasteiger partial charge in [-0.15, -0.1) is 0 Å². The van der Waals surface area contributed by atoms with Crippen LogP contribution in [0.1, 0.15) is 10.4 Å². The number of carbonyl (C=O) groups excluding carboxylic acids is 1. The van der Waals surface area contributed by atoms with Crippen LogP contribution in [-0.4, -0.2) is 20.9 Å². The molecule has 0 atom stereocenters. The molecule has 0 aliphatic carbocycles. The number of hydrogen-bond acceptors (Lipinski definition) is 5. The minimum Gasteiger partial charge on any atom is -0.383 e. The molecule has 0 unspecified atom stereocenters. The number of thiophene rings is 1. The number of anilines is 1. The molecule has 0 spiro atoms. The monoisotopic (exact) mass is 244 g/mol. The second-order valence-corrected chi connectivity index (χ2v) is 4.31. The third-order valence-electron chi connectivity index (χ3n) is 2.49. The molecule has 84 valence electrons. The zero-order valence-corrected chi connectivity index (χ0v) is 9.52. The van der Waals surface area contributed by atoms with Crippen LogP contribution in [0.2, 0.25) is 0 Å². The molecule has 3 heterocycles. The van der Waals surface area contributed by atoms with Crippen LogP contribution in [0, 0.1) is 0 Å². The summed E-state index contributed by atoms with van der Waals surface area (Å²) in [6.45, 7) is 0. The first kappa shape index (κ1) is 9.98. The van der Waals surface area contributed by atoms with Crippen molar-refractivity contribution in [3.05, 3.63) is 34.7 Å². The highest BCUT2D eigenvalue weighted by Gasteiger charge is 2.10. The van der Waals surface area contributed by atoms with Crippen LogP contribution in [0.5, 0.6) is 0 Å². The Balaban J connectivity index is 2.26. The molecule has 3 rings (SSSR count). The minimum atomic E-state index is 0.312. The Morgan fingerprint density at radius 2 is 2.35 bits per heavy atom. The summed E-state index contributed by atoms with van der Waals surface area (Å²) in [7, 11) is 0. The Bertz CT molecular complexity index is 687. The van der Waals surface area contributed by atoms with E-state index in [-0.39, 0.29) is 0 Å². The van der Waals surface area contributed by atoms with Crippen LogP contribution < -0.4 is 5.73 Å². The highest BCUT2D eigenvalue weighted by Crippen LogP contribution is 2.23. The summed E-state index contributed by atoms with van der Waals surface area (Å²) in [6, 6.07) is 3.82. The fourth-order valence-corrected chi connectivity index (χ4v) is 2.26. The maximum atomic E-state index is 10.7. The summed E-state index contributed by atoms with van der Waals surface area (Å²) in [6.07, 6.45) is 2.13. The van der Waals surface area contributed by atoms with Crippen molar-refractivity contribution in [3.8, 4) is 11.3 Å². The van der Waals surface area contributed by atoms with Gasteiger partial charge in [-0.2, -0.15) is 21.0 Å². The molecular weight excluding hydrogens is 236 g/mol. The zero-order valence-electron chi connectivity index (χ0n) is 8.70. The predicted octanol–water partition coefficient (Wildman–Crippen LogP) is 1.85. The summed E-state index contributed by atoms with van der Waals surface area (Å²) >= 11 is 1.60. The van der Waals surface area contributed by atoms with Gasteiger partial charge >= 0.3 is 0 Å². The summed E-state index contributed by atoms with van der Waals surface area (Å²) in [5.41, 5.74) is 8.63. The van der Waals surface area contributed by atoms with E-state index in [0.29, 0.717) is 23.3 Å². The number of hydrogen-bond donors (Lipinski definition) is 1. The van der Waals surface area contributed by atoms with Gasteiger partial charge in [0.1, 0.15) is 5.82 Å². The number of aldehydes is 1. The largest absolute Gasteiger partial charge is 0.383 e. The van der Waals surface area contributed by atoms with Crippen LogP contribution >= 0.6 is 11.3 Å². The molecule has 0 saturated heterocycles. The molecule has 0 aliphatic heterocycles. The molecule has 0 bridgehead atoms. The molecule has 6 heteroatoms. The van der Waals surface area contributed by atoms with Crippen LogP contribution in [0.15, 0.2) is 29.1 Å². The maximum Gasteiger partial charge on any atom is 0.157 e. The smallest absolute Gasteiger partial charge is 0.157 e. The fraction of sp³-hybridized carbons (Fsp3) is 0. The third-order valence-corrected chi connectivity index (χ3v) is 3.18. The van der Waals surface area contributed by atoms with Gasteiger partial charge in [0.05, 0.1) is 11.3 Å². The van der Waals surface area contributed by atoms with Gasteiger partial charge in [-0.05, 0) is 11.4 Å². The second-order valence-electron chi connectivity index (χ2n) is 3.53. The van der Waals surface area contributed by atoms with Gasteiger partial charge in [0.25, 0.3) is 0 Å². The van der Waals surface area contributed by atoms with Crippen molar-refractivity contribution in [2.45, 2.75) is 0 Å². The zero-order chi connectivity index (χ0) is 11.8. The van der Waals surface area contributed by atoms with Gasteiger partial charge in [-0.3, -0.25) is 4.79 Å². The number of carbonyl (C=O) groups is 1. The SMILES string of the molecule is Nc1c(C=O)cnc2cc(-c3ccsc3)nn12. The summed E-state index contributed by atoms with van der Waals surface area (Å²) in [4.78, 5) is 14.9. The number of nitrogens with zero attached hydrogens (tertiary/aromatic N) is 3. The molecule has 0 saturated carbocycles. The lowest BCUT2D eigenvalue weighted by Crippen LogP contribution is -2.04. The van der Waals surface area contributed by atoms with Crippen molar-refractivity contribution >= 4 is 29.1 Å². The van der Waals surface area contributed by atoms with Gasteiger partial charge in [-0.25, -0.2) is 4.98 Å². The van der Waals surface area contributed by atoms with Gasteiger partial charge < -0.3 is 5.73 Å². The molecule has 0 aliphatic rings. The third kappa shape index (κ3) is 1.50. The molecule has 0 fully saturated rings. The van der Waals surface area contributed by atoms with Crippen molar-refractivity contribution in [2.24, 2.45) is 0 Å². The lowest BCUT2D eigenvalue weighted by atomic mass is 10.2. The highest BCUT2D eigenvalue weighted by atomic mass is 32.1. The Kier molecular flexibility index (Phi) is 2.15. The molecular formula is C11H8N4OS. The van der Waals surface area contributed by atoms with E-state index in [9.17, 15) is 4.79 Å². The topological polar surface area (TPSA) is 73.3 Å². The number of nitrogens with two attached hydrogens (primary N) is 1. The Morgan fingerprint density at radius 3 is 3.06 bits per heavy atom. The molecule has 0 radical (unpaired) electrons. The standard InChI is InChI=1S/C11H8N4OS/c12-11-8(5-16)4-13-10-3-9(14-15(10)11)7-1-2-17-6-7/h1-6H,12H2. The van der Waals surface area contributed by atoms with E-state index in [2.05, 4.69) is 10.1 Å². The summed E-state index contributed by atoms with van der Waals surface area (Å²) in [5, 5.41) is 8.32. The number of fused-ring (bicyclic) bond motifs is 1. The van der Waals surface area contributed by atoms with Gasteiger partial charge in [0, 0.05) is 23.2 Å². The lowest BCUT2D eigenvalue weighted by Gasteiger charge is -1.99. The van der Waals surface area contributed by atoms with Crippen LogP contribution in [-0.2, 0) is 0 Å². The lowest BCUT2D eigenvalue weighted by molar-refractivity contribution is 0.112. The van der Waals surface area contributed by atoms with E-state index in [0.717, 1.165) is 11.3 Å². The summed E-state index contributed by atoms with van der Waals surface area (Å²) < 4.78 is 1.48. The highest BCUT2D eigenvalue weighted by molar-refractivity contribution is 7.08. The van der Waals surface area contributed by atoms with E-state index in [1.807, 2.05) is 22.9 Å². The van der Waals surface area contributed by atoms with Crippen molar-refractivity contribution < 1.29 is 4.79 Å². The average Bonchev–Trinajstić information content (AvgIpc) is 2.98. The van der Waals surface area contributed by atoms with Crippen molar-refractivity contribution in [3.63, 3.8) is 0 Å². The molecule has 3 aromatic rings. The quantitative estimate of drug-likeness (QED) is 0.698. The van der Waals surface area contributed by atoms with Crippen molar-refractivity contribution in [2.75, 3.05) is 5.73 Å². The second kappa shape index (κ2) is 3.67. The predicted molar refractivity (Wildman–Crippen MR) is 66.1 cm³/mol.